The minimum atomic E-state index is -5.79. The van der Waals surface area contributed by atoms with Gasteiger partial charge in [-0.15, -0.1) is 0 Å². The molecule has 0 N–H and O–H groups in total. The molecular formula is C10H4BrF9. The molecule has 0 aliphatic rings. The van der Waals surface area contributed by atoms with E-state index < -0.39 is 46.1 Å². The van der Waals surface area contributed by atoms with Crippen molar-refractivity contribution in [3.8, 4) is 0 Å². The summed E-state index contributed by atoms with van der Waals surface area (Å²) in [6.45, 7) is 0. The minimum absolute atomic E-state index is 0.00349. The highest BCUT2D eigenvalue weighted by molar-refractivity contribution is 9.09. The van der Waals surface area contributed by atoms with Crippen LogP contribution in [0.3, 0.4) is 0 Å². The first-order valence-electron chi connectivity index (χ1n) is 4.77. The van der Waals surface area contributed by atoms with E-state index >= 15 is 0 Å². The quantitative estimate of drug-likeness (QED) is 0.488. The summed E-state index contributed by atoms with van der Waals surface area (Å²) in [5.41, 5.74) is -1.54. The third kappa shape index (κ3) is 3.58. The first-order chi connectivity index (χ1) is 8.85. The van der Waals surface area contributed by atoms with Gasteiger partial charge in [0.25, 0.3) is 0 Å². The fraction of sp³-hybridized carbons (Fsp3) is 0.400. The Kier molecular flexibility index (Phi) is 4.67. The number of hydrogen-bond acceptors (Lipinski definition) is 0. The Morgan fingerprint density at radius 3 is 1.45 bits per heavy atom. The molecule has 1 rings (SSSR count). The van der Waals surface area contributed by atoms with Crippen LogP contribution < -0.4 is 0 Å². The van der Waals surface area contributed by atoms with Crippen LogP contribution in [-0.2, 0) is 0 Å². The number of rotatable bonds is 2. The van der Waals surface area contributed by atoms with E-state index in [4.69, 9.17) is 0 Å². The lowest BCUT2D eigenvalue weighted by Gasteiger charge is -2.27. The molecule has 1 aromatic rings. The average Bonchev–Trinajstić information content (AvgIpc) is 2.09. The van der Waals surface area contributed by atoms with E-state index in [9.17, 15) is 39.5 Å². The summed E-state index contributed by atoms with van der Waals surface area (Å²) in [6, 6.07) is -0.00698. The van der Waals surface area contributed by atoms with Crippen LogP contribution in [0.15, 0.2) is 12.1 Å². The molecule has 0 nitrogen and oxygen atoms in total. The van der Waals surface area contributed by atoms with Gasteiger partial charge in [-0.25, -0.2) is 13.2 Å². The van der Waals surface area contributed by atoms with E-state index in [1.165, 1.54) is 0 Å². The van der Waals surface area contributed by atoms with Crippen LogP contribution in [0.5, 0.6) is 0 Å². The van der Waals surface area contributed by atoms with E-state index in [1.54, 1.807) is 0 Å². The molecule has 0 amide bonds. The first kappa shape index (κ1) is 17.1. The molecule has 0 radical (unpaired) electrons. The van der Waals surface area contributed by atoms with Crippen molar-refractivity contribution in [3.63, 3.8) is 0 Å². The van der Waals surface area contributed by atoms with Gasteiger partial charge in [-0.2, -0.15) is 26.3 Å². The van der Waals surface area contributed by atoms with Crippen LogP contribution in [0.4, 0.5) is 39.5 Å². The second-order valence-electron chi connectivity index (χ2n) is 3.75. The van der Waals surface area contributed by atoms with Gasteiger partial charge in [0.15, 0.2) is 5.92 Å². The summed E-state index contributed by atoms with van der Waals surface area (Å²) in [5, 5.41) is 0. The summed E-state index contributed by atoms with van der Waals surface area (Å²) in [7, 11) is 0. The molecule has 0 saturated carbocycles. The van der Waals surface area contributed by atoms with Gasteiger partial charge in [-0.05, 0) is 0 Å². The summed E-state index contributed by atoms with van der Waals surface area (Å²) < 4.78 is 114. The maximum Gasteiger partial charge on any atom is 0.401 e. The van der Waals surface area contributed by atoms with Crippen LogP contribution in [-0.4, -0.2) is 12.4 Å². The number of benzene rings is 1. The summed E-state index contributed by atoms with van der Waals surface area (Å²) >= 11 is 2.01. The Morgan fingerprint density at radius 1 is 0.800 bits per heavy atom. The molecule has 0 aliphatic heterocycles. The normalized spacial score (nSPS) is 14.8. The Bertz CT molecular complexity index is 453. The lowest BCUT2D eigenvalue weighted by Crippen LogP contribution is -2.39. The van der Waals surface area contributed by atoms with Gasteiger partial charge in [-0.3, -0.25) is 0 Å². The molecule has 114 valence electrons. The standard InChI is InChI=1S/C10H4BrF9/c11-7(8(9(15,16)17)10(18,19)20)6-4(13)1-3(12)2-5(6)14/h1-2,7-8H. The monoisotopic (exact) mass is 374 g/mol. The molecule has 0 aromatic heterocycles. The second kappa shape index (κ2) is 5.45. The van der Waals surface area contributed by atoms with Gasteiger partial charge < -0.3 is 0 Å². The molecule has 0 spiro atoms. The fourth-order valence-electron chi connectivity index (χ4n) is 1.50. The van der Waals surface area contributed by atoms with Gasteiger partial charge in [0.1, 0.15) is 17.5 Å². The molecule has 0 aliphatic carbocycles. The number of alkyl halides is 7. The molecule has 1 atom stereocenters. The molecule has 20 heavy (non-hydrogen) atoms. The van der Waals surface area contributed by atoms with E-state index in [1.807, 2.05) is 15.9 Å². The highest BCUT2D eigenvalue weighted by atomic mass is 79.9. The van der Waals surface area contributed by atoms with Crippen molar-refractivity contribution in [2.24, 2.45) is 5.92 Å². The first-order valence-corrected chi connectivity index (χ1v) is 5.69. The summed E-state index contributed by atoms with van der Waals surface area (Å²) in [6.07, 6.45) is -11.6. The second-order valence-corrected chi connectivity index (χ2v) is 4.73. The molecule has 1 aromatic carbocycles. The topological polar surface area (TPSA) is 0 Å². The number of hydrogen-bond donors (Lipinski definition) is 0. The predicted molar refractivity (Wildman–Crippen MR) is 53.6 cm³/mol. The van der Waals surface area contributed by atoms with Crippen molar-refractivity contribution in [2.75, 3.05) is 0 Å². The molecule has 0 bridgehead atoms. The van der Waals surface area contributed by atoms with Gasteiger partial charge in [0.2, 0.25) is 0 Å². The highest BCUT2D eigenvalue weighted by Crippen LogP contribution is 2.50. The third-order valence-electron chi connectivity index (χ3n) is 2.32. The zero-order valence-corrected chi connectivity index (χ0v) is 10.7. The largest absolute Gasteiger partial charge is 0.401 e. The highest BCUT2D eigenvalue weighted by Gasteiger charge is 2.60. The Morgan fingerprint density at radius 2 is 1.15 bits per heavy atom. The van der Waals surface area contributed by atoms with Gasteiger partial charge >= 0.3 is 12.4 Å². The zero-order valence-electron chi connectivity index (χ0n) is 9.09. The average molecular weight is 375 g/mol. The SMILES string of the molecule is Fc1cc(F)c(C(Br)C(C(F)(F)F)C(F)(F)F)c(F)c1. The maximum atomic E-state index is 13.3. The van der Waals surface area contributed by atoms with Crippen molar-refractivity contribution < 1.29 is 39.5 Å². The Balaban J connectivity index is 3.38. The number of halogens is 10. The van der Waals surface area contributed by atoms with Gasteiger partial charge in [0, 0.05) is 17.7 Å². The van der Waals surface area contributed by atoms with Crippen molar-refractivity contribution in [2.45, 2.75) is 17.2 Å². The van der Waals surface area contributed by atoms with Gasteiger partial charge in [-0.1, -0.05) is 15.9 Å². The smallest absolute Gasteiger partial charge is 0.207 e. The van der Waals surface area contributed by atoms with E-state index in [2.05, 4.69) is 0 Å². The molecule has 10 heteroatoms. The molecule has 1 unspecified atom stereocenters. The van der Waals surface area contributed by atoms with Crippen molar-refractivity contribution in [1.29, 1.82) is 0 Å². The lowest BCUT2D eigenvalue weighted by atomic mass is 9.97. The van der Waals surface area contributed by atoms with Crippen LogP contribution in [0, 0.1) is 23.4 Å². The lowest BCUT2D eigenvalue weighted by molar-refractivity contribution is -0.283. The predicted octanol–water partition coefficient (Wildman–Crippen LogP) is 5.28. The minimum Gasteiger partial charge on any atom is -0.207 e. The molecule has 0 heterocycles. The zero-order chi connectivity index (χ0) is 15.9. The molecular weight excluding hydrogens is 371 g/mol. The Labute approximate surface area is 114 Å². The van der Waals surface area contributed by atoms with E-state index in [0.717, 1.165) is 0 Å². The third-order valence-corrected chi connectivity index (χ3v) is 3.30. The van der Waals surface area contributed by atoms with Crippen LogP contribution in [0.1, 0.15) is 10.4 Å². The van der Waals surface area contributed by atoms with Crippen molar-refractivity contribution >= 4 is 15.9 Å². The van der Waals surface area contributed by atoms with E-state index in [-0.39, 0.29) is 12.1 Å². The summed E-state index contributed by atoms with van der Waals surface area (Å²) in [5.74, 6) is -9.19. The maximum absolute atomic E-state index is 13.3. The van der Waals surface area contributed by atoms with Crippen molar-refractivity contribution in [3.05, 3.63) is 35.1 Å². The fourth-order valence-corrected chi connectivity index (χ4v) is 2.54. The van der Waals surface area contributed by atoms with Crippen molar-refractivity contribution in [1.82, 2.24) is 0 Å². The summed E-state index contributed by atoms with van der Waals surface area (Å²) in [4.78, 5) is -2.77. The molecule has 0 saturated heterocycles. The van der Waals surface area contributed by atoms with Gasteiger partial charge in [0.05, 0.1) is 4.83 Å². The Hall–Kier alpha value is -0.930. The molecule has 0 fully saturated rings. The van der Waals surface area contributed by atoms with E-state index in [0.29, 0.717) is 0 Å². The van der Waals surface area contributed by atoms with Crippen LogP contribution in [0.25, 0.3) is 0 Å². The van der Waals surface area contributed by atoms with Crippen LogP contribution >= 0.6 is 15.9 Å². The van der Waals surface area contributed by atoms with Crippen LogP contribution in [0.2, 0.25) is 0 Å².